The van der Waals surface area contributed by atoms with Gasteiger partial charge in [0.1, 0.15) is 0 Å². The van der Waals surface area contributed by atoms with Crippen molar-refractivity contribution in [1.29, 1.82) is 5.26 Å². The molecule has 0 aliphatic carbocycles. The van der Waals surface area contributed by atoms with Gasteiger partial charge in [-0.3, -0.25) is 4.79 Å². The van der Waals surface area contributed by atoms with Crippen molar-refractivity contribution in [2.75, 3.05) is 6.54 Å². The van der Waals surface area contributed by atoms with E-state index in [-0.39, 0.29) is 5.91 Å². The van der Waals surface area contributed by atoms with Gasteiger partial charge in [-0.25, -0.2) is 0 Å². The topological polar surface area (TPSA) is 78.9 Å². The Labute approximate surface area is 108 Å². The van der Waals surface area contributed by atoms with E-state index in [4.69, 9.17) is 11.0 Å². The number of nitrogens with zero attached hydrogens (tertiary/aromatic N) is 1. The van der Waals surface area contributed by atoms with Crippen LogP contribution in [0.5, 0.6) is 0 Å². The van der Waals surface area contributed by atoms with Crippen LogP contribution in [0.15, 0.2) is 24.3 Å². The van der Waals surface area contributed by atoms with Gasteiger partial charge < -0.3 is 11.1 Å². The normalized spacial score (nSPS) is 10.8. The molecule has 0 unspecified atom stereocenters. The summed E-state index contributed by atoms with van der Waals surface area (Å²) in [6, 6.07) is 9.76. The summed E-state index contributed by atoms with van der Waals surface area (Å²) in [5.41, 5.74) is 6.99. The molecule has 96 valence electrons. The van der Waals surface area contributed by atoms with E-state index in [0.717, 1.165) is 11.1 Å². The number of nitrogens with one attached hydrogen (secondary N) is 1. The van der Waals surface area contributed by atoms with E-state index in [1.807, 2.05) is 24.3 Å². The van der Waals surface area contributed by atoms with Gasteiger partial charge in [-0.1, -0.05) is 24.3 Å². The van der Waals surface area contributed by atoms with Gasteiger partial charge in [0.25, 0.3) is 0 Å². The predicted octanol–water partition coefficient (Wildman–Crippen LogP) is 1.35. The maximum Gasteiger partial charge on any atom is 0.224 e. The lowest BCUT2D eigenvalue weighted by Gasteiger charge is -2.16. The van der Waals surface area contributed by atoms with Gasteiger partial charge in [0.05, 0.1) is 17.9 Å². The molecule has 0 fully saturated rings. The number of hydrogen-bond acceptors (Lipinski definition) is 3. The zero-order chi connectivity index (χ0) is 13.6. The Kier molecular flexibility index (Phi) is 4.87. The zero-order valence-corrected chi connectivity index (χ0v) is 10.9. The van der Waals surface area contributed by atoms with E-state index in [1.165, 1.54) is 0 Å². The monoisotopic (exact) mass is 245 g/mol. The van der Waals surface area contributed by atoms with Crippen LogP contribution >= 0.6 is 0 Å². The Bertz CT molecular complexity index is 460. The van der Waals surface area contributed by atoms with Crippen LogP contribution in [0.25, 0.3) is 0 Å². The van der Waals surface area contributed by atoms with Gasteiger partial charge in [-0.15, -0.1) is 0 Å². The van der Waals surface area contributed by atoms with E-state index in [9.17, 15) is 4.79 Å². The molecule has 1 aromatic rings. The predicted molar refractivity (Wildman–Crippen MR) is 70.4 cm³/mol. The number of carbonyl (C=O) groups is 1. The molecular weight excluding hydrogens is 226 g/mol. The molecule has 3 N–H and O–H groups in total. The maximum absolute atomic E-state index is 11.8. The van der Waals surface area contributed by atoms with Crippen molar-refractivity contribution < 1.29 is 4.79 Å². The summed E-state index contributed by atoms with van der Waals surface area (Å²) >= 11 is 0. The van der Waals surface area contributed by atoms with Crippen LogP contribution in [0.3, 0.4) is 0 Å². The van der Waals surface area contributed by atoms with Gasteiger partial charge in [-0.2, -0.15) is 5.26 Å². The Balaban J connectivity index is 2.58. The molecule has 0 aliphatic heterocycles. The first kappa shape index (κ1) is 14.2. The van der Waals surface area contributed by atoms with E-state index in [0.29, 0.717) is 19.5 Å². The molecule has 0 heterocycles. The standard InChI is InChI=1S/C14H19N3O/c1-14(2,9-16)10-17-13(18)7-11-5-3-4-6-12(11)8-15/h3-6H,7-8,10,15H2,1-2H3,(H,17,18). The summed E-state index contributed by atoms with van der Waals surface area (Å²) in [5, 5.41) is 11.6. The average molecular weight is 245 g/mol. The second kappa shape index (κ2) is 6.18. The summed E-state index contributed by atoms with van der Waals surface area (Å²) in [6.45, 7) is 4.36. The van der Waals surface area contributed by atoms with E-state index in [1.54, 1.807) is 13.8 Å². The molecule has 0 bridgehead atoms. The number of rotatable bonds is 5. The van der Waals surface area contributed by atoms with Gasteiger partial charge in [0, 0.05) is 13.1 Å². The molecular formula is C14H19N3O. The molecule has 0 aliphatic rings. The van der Waals surface area contributed by atoms with E-state index < -0.39 is 5.41 Å². The van der Waals surface area contributed by atoms with Gasteiger partial charge in [0.2, 0.25) is 5.91 Å². The Hall–Kier alpha value is -1.86. The number of nitrogens with two attached hydrogens (primary N) is 1. The largest absolute Gasteiger partial charge is 0.354 e. The third-order valence-corrected chi connectivity index (χ3v) is 2.72. The molecule has 1 amide bonds. The van der Waals surface area contributed by atoms with Crippen molar-refractivity contribution in [2.45, 2.75) is 26.8 Å². The minimum atomic E-state index is -0.539. The molecule has 0 atom stereocenters. The molecule has 4 heteroatoms. The van der Waals surface area contributed by atoms with Crippen LogP contribution in [-0.4, -0.2) is 12.5 Å². The van der Waals surface area contributed by atoms with Crippen LogP contribution < -0.4 is 11.1 Å². The molecule has 0 saturated heterocycles. The zero-order valence-electron chi connectivity index (χ0n) is 10.9. The van der Waals surface area contributed by atoms with Crippen molar-refractivity contribution in [3.63, 3.8) is 0 Å². The molecule has 4 nitrogen and oxygen atoms in total. The molecule has 0 aromatic heterocycles. The highest BCUT2D eigenvalue weighted by Gasteiger charge is 2.17. The molecule has 0 spiro atoms. The fraction of sp³-hybridized carbons (Fsp3) is 0.429. The van der Waals surface area contributed by atoms with Crippen molar-refractivity contribution in [2.24, 2.45) is 11.1 Å². The van der Waals surface area contributed by atoms with Crippen molar-refractivity contribution >= 4 is 5.91 Å². The van der Waals surface area contributed by atoms with Crippen molar-refractivity contribution in [3.8, 4) is 6.07 Å². The molecule has 0 saturated carbocycles. The lowest BCUT2D eigenvalue weighted by molar-refractivity contribution is -0.120. The maximum atomic E-state index is 11.8. The Morgan fingerprint density at radius 2 is 2.00 bits per heavy atom. The fourth-order valence-electron chi connectivity index (χ4n) is 1.52. The first-order chi connectivity index (χ1) is 8.48. The van der Waals surface area contributed by atoms with E-state index in [2.05, 4.69) is 11.4 Å². The van der Waals surface area contributed by atoms with Crippen molar-refractivity contribution in [3.05, 3.63) is 35.4 Å². The third-order valence-electron chi connectivity index (χ3n) is 2.72. The number of amides is 1. The summed E-state index contributed by atoms with van der Waals surface area (Å²) in [6.07, 6.45) is 0.300. The van der Waals surface area contributed by atoms with Gasteiger partial charge in [0.15, 0.2) is 0 Å². The average Bonchev–Trinajstić information content (AvgIpc) is 2.37. The first-order valence-electron chi connectivity index (χ1n) is 5.93. The summed E-state index contributed by atoms with van der Waals surface area (Å²) in [7, 11) is 0. The van der Waals surface area contributed by atoms with Crippen LogP contribution in [-0.2, 0) is 17.8 Å². The minimum absolute atomic E-state index is 0.0841. The second-order valence-corrected chi connectivity index (χ2v) is 4.92. The number of hydrogen-bond donors (Lipinski definition) is 2. The number of nitriles is 1. The summed E-state index contributed by atoms with van der Waals surface area (Å²) < 4.78 is 0. The number of benzene rings is 1. The van der Waals surface area contributed by atoms with Crippen LogP contribution in [0.4, 0.5) is 0 Å². The molecule has 18 heavy (non-hydrogen) atoms. The van der Waals surface area contributed by atoms with Gasteiger partial charge >= 0.3 is 0 Å². The Morgan fingerprint density at radius 3 is 2.56 bits per heavy atom. The van der Waals surface area contributed by atoms with Crippen LogP contribution in [0, 0.1) is 16.7 Å². The SMILES string of the molecule is CC(C)(C#N)CNC(=O)Cc1ccccc1CN. The quantitative estimate of drug-likeness (QED) is 0.822. The fourth-order valence-corrected chi connectivity index (χ4v) is 1.52. The molecule has 1 aromatic carbocycles. The highest BCUT2D eigenvalue weighted by Crippen LogP contribution is 2.12. The lowest BCUT2D eigenvalue weighted by atomic mass is 9.96. The number of carbonyl (C=O) groups excluding carboxylic acids is 1. The van der Waals surface area contributed by atoms with Gasteiger partial charge in [-0.05, 0) is 25.0 Å². The summed E-state index contributed by atoms with van der Waals surface area (Å²) in [4.78, 5) is 11.8. The lowest BCUT2D eigenvalue weighted by Crippen LogP contribution is -2.34. The van der Waals surface area contributed by atoms with Crippen molar-refractivity contribution in [1.82, 2.24) is 5.32 Å². The van der Waals surface area contributed by atoms with Crippen LogP contribution in [0.1, 0.15) is 25.0 Å². The Morgan fingerprint density at radius 1 is 1.39 bits per heavy atom. The highest BCUT2D eigenvalue weighted by atomic mass is 16.1. The second-order valence-electron chi connectivity index (χ2n) is 4.92. The van der Waals surface area contributed by atoms with Crippen LogP contribution in [0.2, 0.25) is 0 Å². The van der Waals surface area contributed by atoms with E-state index >= 15 is 0 Å². The minimum Gasteiger partial charge on any atom is -0.354 e. The first-order valence-corrected chi connectivity index (χ1v) is 5.93. The molecule has 0 radical (unpaired) electrons. The smallest absolute Gasteiger partial charge is 0.224 e. The third kappa shape index (κ3) is 4.19. The molecule has 1 rings (SSSR count). The highest BCUT2D eigenvalue weighted by molar-refractivity contribution is 5.79. The summed E-state index contributed by atoms with van der Waals surface area (Å²) in [5.74, 6) is -0.0841.